The van der Waals surface area contributed by atoms with Crippen LogP contribution < -0.4 is 10.5 Å². The minimum atomic E-state index is -3.51. The summed E-state index contributed by atoms with van der Waals surface area (Å²) in [7, 11) is 0. The molecule has 11 heteroatoms. The first kappa shape index (κ1) is 26.8. The highest BCUT2D eigenvalue weighted by Gasteiger charge is 2.54. The van der Waals surface area contributed by atoms with Crippen molar-refractivity contribution in [2.45, 2.75) is 44.8 Å². The molecule has 3 N–H and O–H groups in total. The summed E-state index contributed by atoms with van der Waals surface area (Å²) in [6, 6.07) is 6.78. The number of halogens is 3. The molecular weight excluding hydrogens is 455 g/mol. The number of nitrogens with two attached hydrogens (primary N) is 1. The van der Waals surface area contributed by atoms with Crippen LogP contribution in [0.25, 0.3) is 0 Å². The molecular formula is C23H26F3N3O5. The van der Waals surface area contributed by atoms with Crippen LogP contribution in [0.3, 0.4) is 0 Å². The number of benzene rings is 1. The lowest BCUT2D eigenvalue weighted by molar-refractivity contribution is -0.122. The van der Waals surface area contributed by atoms with Crippen molar-refractivity contribution in [2.75, 3.05) is 13.2 Å². The molecule has 8 nitrogen and oxygen atoms in total. The smallest absolute Gasteiger partial charge is 0.299 e. The summed E-state index contributed by atoms with van der Waals surface area (Å²) in [6.07, 6.45) is 1.25. The molecule has 0 bridgehead atoms. The molecule has 1 aliphatic heterocycles. The molecule has 0 saturated heterocycles. The molecule has 1 atom stereocenters. The maximum Gasteiger partial charge on any atom is 0.299 e. The maximum absolute atomic E-state index is 14.8. The zero-order valence-corrected chi connectivity index (χ0v) is 18.9. The van der Waals surface area contributed by atoms with Crippen molar-refractivity contribution in [3.63, 3.8) is 0 Å². The summed E-state index contributed by atoms with van der Waals surface area (Å²) >= 11 is 0. The van der Waals surface area contributed by atoms with Gasteiger partial charge in [0.2, 0.25) is 0 Å². The van der Waals surface area contributed by atoms with Gasteiger partial charge in [-0.05, 0) is 50.6 Å². The van der Waals surface area contributed by atoms with Gasteiger partial charge >= 0.3 is 0 Å². The highest BCUT2D eigenvalue weighted by atomic mass is 19.3. The number of ether oxygens (including phenoxy) is 2. The van der Waals surface area contributed by atoms with Crippen LogP contribution in [0, 0.1) is 5.82 Å². The molecule has 3 rings (SSSR count). The molecule has 1 aromatic carbocycles. The number of carboxylic acid groups (broad SMARTS) is 1. The monoisotopic (exact) mass is 481 g/mol. The number of aliphatic imine (C=N–C) groups is 1. The number of rotatable bonds is 6. The Bertz CT molecular complexity index is 1040. The lowest BCUT2D eigenvalue weighted by Gasteiger charge is -2.33. The van der Waals surface area contributed by atoms with E-state index in [4.69, 9.17) is 25.1 Å². The van der Waals surface area contributed by atoms with Gasteiger partial charge in [0, 0.05) is 12.0 Å². The van der Waals surface area contributed by atoms with Gasteiger partial charge in [0.15, 0.2) is 11.3 Å². The van der Waals surface area contributed by atoms with Crippen molar-refractivity contribution in [3.05, 3.63) is 59.2 Å². The summed E-state index contributed by atoms with van der Waals surface area (Å²) in [5.74, 6) is -4.36. The van der Waals surface area contributed by atoms with E-state index in [1.165, 1.54) is 24.4 Å². The van der Waals surface area contributed by atoms with Gasteiger partial charge in [-0.25, -0.2) is 18.2 Å². The number of nitrogens with zero attached hydrogens (tertiary/aromatic N) is 2. The molecule has 184 valence electrons. The molecule has 0 radical (unpaired) electrons. The van der Waals surface area contributed by atoms with Gasteiger partial charge in [0.1, 0.15) is 36.3 Å². The number of alkyl halides is 2. The van der Waals surface area contributed by atoms with Crippen LogP contribution in [0.4, 0.5) is 13.2 Å². The van der Waals surface area contributed by atoms with E-state index >= 15 is 0 Å². The summed E-state index contributed by atoms with van der Waals surface area (Å²) in [5.41, 5.74) is 3.56. The topological polar surface area (TPSA) is 124 Å². The van der Waals surface area contributed by atoms with Crippen molar-refractivity contribution in [1.82, 2.24) is 4.98 Å². The van der Waals surface area contributed by atoms with Crippen LogP contribution in [-0.4, -0.2) is 53.4 Å². The van der Waals surface area contributed by atoms with Crippen molar-refractivity contribution in [1.29, 1.82) is 0 Å². The van der Waals surface area contributed by atoms with Gasteiger partial charge in [0.25, 0.3) is 12.4 Å². The van der Waals surface area contributed by atoms with Crippen LogP contribution in [0.15, 0.2) is 41.5 Å². The minimum absolute atomic E-state index is 0.0356. The predicted octanol–water partition coefficient (Wildman–Crippen LogP) is 3.37. The highest BCUT2D eigenvalue weighted by molar-refractivity contribution is 5.95. The lowest BCUT2D eigenvalue weighted by atomic mass is 9.84. The van der Waals surface area contributed by atoms with E-state index in [0.29, 0.717) is 11.3 Å². The molecule has 34 heavy (non-hydrogen) atoms. The molecule has 0 unspecified atom stereocenters. The molecule has 2 aromatic rings. The largest absolute Gasteiger partial charge is 0.489 e. The number of hydrogen-bond acceptors (Lipinski definition) is 7. The molecule has 2 heterocycles. The molecule has 0 saturated carbocycles. The Morgan fingerprint density at radius 3 is 2.59 bits per heavy atom. The first-order chi connectivity index (χ1) is 15.9. The number of aromatic nitrogens is 1. The van der Waals surface area contributed by atoms with Crippen LogP contribution in [0.1, 0.15) is 42.4 Å². The Labute approximate surface area is 194 Å². The van der Waals surface area contributed by atoms with E-state index in [0.717, 1.165) is 13.0 Å². The molecule has 0 spiro atoms. The predicted molar refractivity (Wildman–Crippen MR) is 118 cm³/mol. The van der Waals surface area contributed by atoms with Gasteiger partial charge < -0.3 is 20.3 Å². The van der Waals surface area contributed by atoms with E-state index in [9.17, 15) is 18.0 Å². The Balaban J connectivity index is 0.00000129. The zero-order chi connectivity index (χ0) is 25.5. The minimum Gasteiger partial charge on any atom is -0.489 e. The van der Waals surface area contributed by atoms with Crippen LogP contribution in [-0.2, 0) is 21.5 Å². The summed E-state index contributed by atoms with van der Waals surface area (Å²) < 4.78 is 54.6. The first-order valence-corrected chi connectivity index (χ1v) is 10.3. The highest BCUT2D eigenvalue weighted by Crippen LogP contribution is 2.43. The second kappa shape index (κ2) is 11.1. The number of carbonyl (C=O) groups excluding carboxylic acids is 1. The van der Waals surface area contributed by atoms with Crippen LogP contribution in [0.2, 0.25) is 0 Å². The Kier molecular flexibility index (Phi) is 8.74. The fraction of sp³-hybridized carbons (Fsp3) is 0.391. The Morgan fingerprint density at radius 2 is 2.00 bits per heavy atom. The van der Waals surface area contributed by atoms with Gasteiger partial charge in [0.05, 0.1) is 12.3 Å². The summed E-state index contributed by atoms with van der Waals surface area (Å²) in [5, 5.41) is 6.89. The Hall–Kier alpha value is -3.47. The quantitative estimate of drug-likeness (QED) is 0.479. The SMILES string of the molecule is CC(C)Oc1ccc(C(=O)Cc2ccc(F)c([C@@]3(C)N=C(N)COCC3(F)F)c2)nc1.O=CO. The standard InChI is InChI=1S/C22H24F3N3O3.CH2O2/c1-13(2)31-15-5-7-18(27-10-15)19(29)9-14-4-6-17(23)16(8-14)21(3)22(24,25)12-30-11-20(26)28-21;2-1-3/h4-8,10,13H,9,11-12H2,1-3H3,(H2,26,28);1H,(H,2,3)/t21-;/m1./s1. The second-order valence-corrected chi connectivity index (χ2v) is 7.94. The van der Waals surface area contributed by atoms with Crippen molar-refractivity contribution < 1.29 is 37.3 Å². The van der Waals surface area contributed by atoms with Gasteiger partial charge in [-0.1, -0.05) is 6.07 Å². The number of Topliss-reactive ketones (excluding diaryl/α,β-unsaturated/α-hetero) is 1. The molecule has 0 aliphatic carbocycles. The third kappa shape index (κ3) is 6.31. The lowest BCUT2D eigenvalue weighted by Crippen LogP contribution is -2.45. The molecule has 1 aromatic heterocycles. The maximum atomic E-state index is 14.8. The summed E-state index contributed by atoms with van der Waals surface area (Å²) in [4.78, 5) is 28.9. The molecule has 1 aliphatic rings. The molecule has 0 amide bonds. The van der Waals surface area contributed by atoms with Crippen molar-refractivity contribution >= 4 is 18.1 Å². The van der Waals surface area contributed by atoms with Crippen molar-refractivity contribution in [3.8, 4) is 5.75 Å². The number of ketones is 1. The van der Waals surface area contributed by atoms with E-state index in [1.807, 2.05) is 13.8 Å². The van der Waals surface area contributed by atoms with E-state index in [2.05, 4.69) is 9.98 Å². The number of carbonyl (C=O) groups is 2. The van der Waals surface area contributed by atoms with Crippen LogP contribution >= 0.6 is 0 Å². The van der Waals surface area contributed by atoms with Gasteiger partial charge in [-0.15, -0.1) is 0 Å². The Morgan fingerprint density at radius 1 is 1.32 bits per heavy atom. The number of pyridine rings is 1. The summed E-state index contributed by atoms with van der Waals surface area (Å²) in [6.45, 7) is 3.37. The van der Waals surface area contributed by atoms with Crippen LogP contribution in [0.5, 0.6) is 5.75 Å². The fourth-order valence-corrected chi connectivity index (χ4v) is 3.30. The molecule has 0 fully saturated rings. The van der Waals surface area contributed by atoms with Gasteiger partial charge in [-0.3, -0.25) is 14.6 Å². The third-order valence-electron chi connectivity index (χ3n) is 4.93. The first-order valence-electron chi connectivity index (χ1n) is 10.3. The average Bonchev–Trinajstić information content (AvgIpc) is 2.85. The van der Waals surface area contributed by atoms with E-state index in [1.54, 1.807) is 6.07 Å². The second-order valence-electron chi connectivity index (χ2n) is 7.94. The number of hydrogen-bond donors (Lipinski definition) is 2. The van der Waals surface area contributed by atoms with Crippen molar-refractivity contribution in [2.24, 2.45) is 10.7 Å². The fourth-order valence-electron chi connectivity index (χ4n) is 3.30. The van der Waals surface area contributed by atoms with Gasteiger partial charge in [-0.2, -0.15) is 0 Å². The number of amidine groups is 1. The van der Waals surface area contributed by atoms with E-state index < -0.39 is 23.9 Å². The normalized spacial score (nSPS) is 19.3. The zero-order valence-electron chi connectivity index (χ0n) is 18.9. The van der Waals surface area contributed by atoms with E-state index in [-0.39, 0.29) is 48.5 Å². The average molecular weight is 481 g/mol. The third-order valence-corrected chi connectivity index (χ3v) is 4.93.